The zero-order valence-electron chi connectivity index (χ0n) is 11.9. The van der Waals surface area contributed by atoms with E-state index < -0.39 is 11.8 Å². The zero-order valence-corrected chi connectivity index (χ0v) is 13.1. The molecule has 0 saturated carbocycles. The summed E-state index contributed by atoms with van der Waals surface area (Å²) in [6, 6.07) is 7.51. The number of ether oxygens (including phenoxy) is 1. The van der Waals surface area contributed by atoms with E-state index in [0.717, 1.165) is 0 Å². The average molecular weight is 319 g/mol. The summed E-state index contributed by atoms with van der Waals surface area (Å²) in [5.74, 6) is -1.11. The molecule has 2 N–H and O–H groups in total. The number of halogens is 1. The van der Waals surface area contributed by atoms with Crippen molar-refractivity contribution >= 4 is 32.5 Å². The van der Waals surface area contributed by atoms with Gasteiger partial charge in [-0.15, -0.1) is 9.24 Å². The highest BCUT2D eigenvalue weighted by atomic mass is 31.0. The molecule has 0 fully saturated rings. The molecule has 1 unspecified atom stereocenters. The van der Waals surface area contributed by atoms with Gasteiger partial charge in [-0.2, -0.15) is 0 Å². The second-order valence-corrected chi connectivity index (χ2v) is 5.22. The van der Waals surface area contributed by atoms with Crippen LogP contribution in [0.3, 0.4) is 0 Å². The van der Waals surface area contributed by atoms with Crippen molar-refractivity contribution in [2.45, 2.75) is 6.92 Å². The molecule has 0 aliphatic carbocycles. The number of aldehydes is 1. The van der Waals surface area contributed by atoms with Gasteiger partial charge in [0, 0.05) is 11.3 Å². The number of esters is 1. The Morgan fingerprint density at radius 1 is 1.36 bits per heavy atom. The molecule has 0 aliphatic heterocycles. The van der Waals surface area contributed by atoms with E-state index in [2.05, 4.69) is 9.24 Å². The summed E-state index contributed by atoms with van der Waals surface area (Å²) < 4.78 is 18.9. The summed E-state index contributed by atoms with van der Waals surface area (Å²) in [7, 11) is 2.31. The minimum Gasteiger partial charge on any atom is -0.462 e. The number of carbonyl (C=O) groups is 2. The molecular formula is C16H15FNO3P. The molecular weight excluding hydrogens is 304 g/mol. The molecule has 0 amide bonds. The van der Waals surface area contributed by atoms with Crippen molar-refractivity contribution < 1.29 is 18.7 Å². The van der Waals surface area contributed by atoms with Crippen LogP contribution in [-0.4, -0.2) is 18.9 Å². The fourth-order valence-corrected chi connectivity index (χ4v) is 2.45. The number of nitrogen functional groups attached to an aromatic ring is 1. The van der Waals surface area contributed by atoms with Crippen molar-refractivity contribution in [1.82, 2.24) is 0 Å². The van der Waals surface area contributed by atoms with Crippen LogP contribution in [0.5, 0.6) is 0 Å². The molecule has 22 heavy (non-hydrogen) atoms. The maximum Gasteiger partial charge on any atom is 0.338 e. The van der Waals surface area contributed by atoms with Crippen LogP contribution in [0.15, 0.2) is 30.3 Å². The number of hydrogen-bond donors (Lipinski definition) is 1. The van der Waals surface area contributed by atoms with Crippen molar-refractivity contribution in [2.24, 2.45) is 0 Å². The van der Waals surface area contributed by atoms with Crippen LogP contribution in [0.2, 0.25) is 0 Å². The topological polar surface area (TPSA) is 69.4 Å². The van der Waals surface area contributed by atoms with Crippen molar-refractivity contribution in [3.8, 4) is 11.1 Å². The Bertz CT molecular complexity index is 723. The molecule has 0 aromatic heterocycles. The van der Waals surface area contributed by atoms with E-state index in [4.69, 9.17) is 10.5 Å². The van der Waals surface area contributed by atoms with E-state index in [1.54, 1.807) is 31.2 Å². The molecule has 0 heterocycles. The van der Waals surface area contributed by atoms with Gasteiger partial charge in [0.05, 0.1) is 17.7 Å². The van der Waals surface area contributed by atoms with Gasteiger partial charge in [-0.3, -0.25) is 4.79 Å². The summed E-state index contributed by atoms with van der Waals surface area (Å²) in [6.45, 7) is 1.97. The summed E-state index contributed by atoms with van der Waals surface area (Å²) in [5, 5.41) is 0.422. The predicted molar refractivity (Wildman–Crippen MR) is 86.9 cm³/mol. The Labute approximate surface area is 129 Å². The van der Waals surface area contributed by atoms with Crippen LogP contribution in [0, 0.1) is 5.82 Å². The van der Waals surface area contributed by atoms with Gasteiger partial charge in [-0.1, -0.05) is 0 Å². The number of benzene rings is 2. The van der Waals surface area contributed by atoms with Crippen molar-refractivity contribution in [2.75, 3.05) is 12.3 Å². The Morgan fingerprint density at radius 3 is 2.68 bits per heavy atom. The molecule has 4 nitrogen and oxygen atoms in total. The summed E-state index contributed by atoms with van der Waals surface area (Å²) in [4.78, 5) is 22.6. The average Bonchev–Trinajstić information content (AvgIpc) is 2.47. The Morgan fingerprint density at radius 2 is 2.09 bits per heavy atom. The lowest BCUT2D eigenvalue weighted by molar-refractivity contribution is 0.0526. The van der Waals surface area contributed by atoms with Gasteiger partial charge >= 0.3 is 5.97 Å². The Kier molecular flexibility index (Phi) is 4.88. The number of hydrogen-bond acceptors (Lipinski definition) is 4. The van der Waals surface area contributed by atoms with Crippen LogP contribution in [0.25, 0.3) is 11.1 Å². The second kappa shape index (κ2) is 6.67. The van der Waals surface area contributed by atoms with Gasteiger partial charge in [0.25, 0.3) is 0 Å². The van der Waals surface area contributed by atoms with Gasteiger partial charge < -0.3 is 10.5 Å². The molecule has 0 aliphatic rings. The van der Waals surface area contributed by atoms with Crippen LogP contribution >= 0.6 is 9.24 Å². The van der Waals surface area contributed by atoms with E-state index in [9.17, 15) is 14.0 Å². The number of carbonyl (C=O) groups excluding carboxylic acids is 2. The van der Waals surface area contributed by atoms with E-state index in [-0.39, 0.29) is 12.2 Å². The molecule has 0 saturated heterocycles. The van der Waals surface area contributed by atoms with Gasteiger partial charge in [0.2, 0.25) is 0 Å². The minimum atomic E-state index is -0.640. The quantitative estimate of drug-likeness (QED) is 0.407. The van der Waals surface area contributed by atoms with E-state index >= 15 is 0 Å². The van der Waals surface area contributed by atoms with Gasteiger partial charge in [-0.25, -0.2) is 9.18 Å². The summed E-state index contributed by atoms with van der Waals surface area (Å²) in [6.07, 6.45) is 0.458. The highest BCUT2D eigenvalue weighted by Crippen LogP contribution is 2.28. The largest absolute Gasteiger partial charge is 0.462 e. The fourth-order valence-electron chi connectivity index (χ4n) is 2.07. The third-order valence-corrected chi connectivity index (χ3v) is 3.63. The first kappa shape index (κ1) is 16.1. The molecule has 1 atom stereocenters. The number of anilines is 1. The third kappa shape index (κ3) is 3.15. The Balaban J connectivity index is 2.55. The SMILES string of the molecule is CCOC(=O)c1ccc(N)c(-c2cc(F)c(C=O)c(P)c2)c1. The second-order valence-electron chi connectivity index (χ2n) is 4.60. The Hall–Kier alpha value is -2.26. The molecule has 0 radical (unpaired) electrons. The lowest BCUT2D eigenvalue weighted by atomic mass is 9.99. The summed E-state index contributed by atoms with van der Waals surface area (Å²) >= 11 is 0. The first-order valence-corrected chi connectivity index (χ1v) is 7.16. The highest BCUT2D eigenvalue weighted by molar-refractivity contribution is 7.27. The number of nitrogens with two attached hydrogens (primary N) is 1. The first-order chi connectivity index (χ1) is 10.5. The molecule has 0 spiro atoms. The molecule has 114 valence electrons. The minimum absolute atomic E-state index is 0.0196. The first-order valence-electron chi connectivity index (χ1n) is 6.59. The maximum absolute atomic E-state index is 13.9. The monoisotopic (exact) mass is 319 g/mol. The third-order valence-electron chi connectivity index (χ3n) is 3.15. The van der Waals surface area contributed by atoms with Crippen molar-refractivity contribution in [1.29, 1.82) is 0 Å². The van der Waals surface area contributed by atoms with Crippen molar-refractivity contribution in [3.63, 3.8) is 0 Å². The van der Waals surface area contributed by atoms with Gasteiger partial charge in [0.15, 0.2) is 6.29 Å². The van der Waals surface area contributed by atoms with E-state index in [1.807, 2.05) is 0 Å². The zero-order chi connectivity index (χ0) is 16.3. The van der Waals surface area contributed by atoms with Crippen molar-refractivity contribution in [3.05, 3.63) is 47.3 Å². The van der Waals surface area contributed by atoms with Crippen LogP contribution in [0.4, 0.5) is 10.1 Å². The van der Waals surface area contributed by atoms with Gasteiger partial charge in [0.1, 0.15) is 5.82 Å². The molecule has 2 aromatic carbocycles. The lowest BCUT2D eigenvalue weighted by Crippen LogP contribution is -2.07. The van der Waals surface area contributed by atoms with Gasteiger partial charge in [-0.05, 0) is 48.1 Å². The standard InChI is InChI=1S/C16H15FNO3P/c1-2-21-16(20)9-3-4-14(18)11(5-9)10-6-13(17)12(8-19)15(22)7-10/h3-8H,2,18,22H2,1H3. The molecule has 6 heteroatoms. The maximum atomic E-state index is 13.9. The highest BCUT2D eigenvalue weighted by Gasteiger charge is 2.14. The normalized spacial score (nSPS) is 10.3. The number of rotatable bonds is 4. The molecule has 2 rings (SSSR count). The summed E-state index contributed by atoms with van der Waals surface area (Å²) in [5.41, 5.74) is 7.61. The molecule has 2 aromatic rings. The van der Waals surface area contributed by atoms with Crippen LogP contribution in [-0.2, 0) is 4.74 Å². The predicted octanol–water partition coefficient (Wildman–Crippen LogP) is 2.56. The smallest absolute Gasteiger partial charge is 0.338 e. The fraction of sp³-hybridized carbons (Fsp3) is 0.125. The van der Waals surface area contributed by atoms with E-state index in [1.165, 1.54) is 6.07 Å². The molecule has 0 bridgehead atoms. The van der Waals surface area contributed by atoms with E-state index in [0.29, 0.717) is 34.0 Å². The lowest BCUT2D eigenvalue weighted by Gasteiger charge is -2.11. The van der Waals surface area contributed by atoms with Crippen LogP contribution < -0.4 is 11.0 Å². The van der Waals surface area contributed by atoms with Crippen LogP contribution in [0.1, 0.15) is 27.6 Å².